The van der Waals surface area contributed by atoms with Gasteiger partial charge in [-0.15, -0.1) is 11.3 Å². The molecule has 0 aliphatic carbocycles. The molecule has 0 bridgehead atoms. The largest absolute Gasteiger partial charge is 0.370 e. The number of hydrogen-bond donors (Lipinski definition) is 0. The second-order valence-electron chi connectivity index (χ2n) is 6.93. The zero-order chi connectivity index (χ0) is 17.5. The minimum atomic E-state index is -3.03. The lowest BCUT2D eigenvalue weighted by molar-refractivity contribution is -0.0757. The van der Waals surface area contributed by atoms with Crippen LogP contribution in [0, 0.1) is 0 Å². The first-order chi connectivity index (χ1) is 12.0. The average Bonchev–Trinajstić information content (AvgIpc) is 3.06. The summed E-state index contributed by atoms with van der Waals surface area (Å²) in [6.07, 6.45) is 5.87. The zero-order valence-electron chi connectivity index (χ0n) is 14.3. The number of ether oxygens (including phenoxy) is 1. The van der Waals surface area contributed by atoms with Crippen molar-refractivity contribution in [1.29, 1.82) is 0 Å². The van der Waals surface area contributed by atoms with Crippen LogP contribution in [0.25, 0.3) is 0 Å². The van der Waals surface area contributed by atoms with Gasteiger partial charge in [0.1, 0.15) is 5.82 Å². The maximum atomic E-state index is 11.4. The van der Waals surface area contributed by atoms with Crippen LogP contribution in [-0.2, 0) is 32.3 Å². The van der Waals surface area contributed by atoms with Crippen molar-refractivity contribution in [1.82, 2.24) is 4.98 Å². The highest BCUT2D eigenvalue weighted by molar-refractivity contribution is 7.89. The standard InChI is InChI=1S/C18H22N2O3S2/c1-25(21,22)13-14-2-3-17(19-12-14)20-8-6-18(7-9-20)15-5-11-24-16(15)4-10-23-18/h2-3,5,11-12H,4,6-10,13H2,1H3. The molecule has 2 aliphatic rings. The number of nitrogens with zero attached hydrogens (tertiary/aromatic N) is 2. The fraction of sp³-hybridized carbons (Fsp3) is 0.500. The molecule has 2 aliphatic heterocycles. The van der Waals surface area contributed by atoms with Crippen molar-refractivity contribution < 1.29 is 13.2 Å². The van der Waals surface area contributed by atoms with E-state index in [0.29, 0.717) is 0 Å². The lowest BCUT2D eigenvalue weighted by Gasteiger charge is -2.44. The van der Waals surface area contributed by atoms with Crippen LogP contribution in [0.5, 0.6) is 0 Å². The van der Waals surface area contributed by atoms with Crippen molar-refractivity contribution in [2.75, 3.05) is 30.9 Å². The molecule has 1 fully saturated rings. The first-order valence-corrected chi connectivity index (χ1v) is 11.5. The topological polar surface area (TPSA) is 59.5 Å². The molecule has 1 saturated heterocycles. The lowest BCUT2D eigenvalue weighted by Crippen LogP contribution is -2.46. The molecule has 4 rings (SSSR count). The van der Waals surface area contributed by atoms with Gasteiger partial charge < -0.3 is 9.64 Å². The quantitative estimate of drug-likeness (QED) is 0.822. The van der Waals surface area contributed by atoms with E-state index in [9.17, 15) is 8.42 Å². The monoisotopic (exact) mass is 378 g/mol. The number of rotatable bonds is 3. The van der Waals surface area contributed by atoms with Gasteiger partial charge in [-0.1, -0.05) is 6.07 Å². The van der Waals surface area contributed by atoms with Crippen molar-refractivity contribution in [2.24, 2.45) is 0 Å². The van der Waals surface area contributed by atoms with Crippen LogP contribution in [0.1, 0.15) is 28.8 Å². The summed E-state index contributed by atoms with van der Waals surface area (Å²) in [5, 5.41) is 2.18. The Morgan fingerprint density at radius 3 is 2.76 bits per heavy atom. The molecule has 0 radical (unpaired) electrons. The molecule has 4 heterocycles. The molecular formula is C18H22N2O3S2. The number of aromatic nitrogens is 1. The molecule has 0 unspecified atom stereocenters. The zero-order valence-corrected chi connectivity index (χ0v) is 15.9. The van der Waals surface area contributed by atoms with E-state index in [2.05, 4.69) is 21.3 Å². The summed E-state index contributed by atoms with van der Waals surface area (Å²) < 4.78 is 29.0. The van der Waals surface area contributed by atoms with Crippen molar-refractivity contribution in [3.63, 3.8) is 0 Å². The third-order valence-electron chi connectivity index (χ3n) is 5.08. The highest BCUT2D eigenvalue weighted by Gasteiger charge is 2.41. The first-order valence-electron chi connectivity index (χ1n) is 8.54. The number of sulfone groups is 1. The minimum absolute atomic E-state index is 0.0398. The fourth-order valence-electron chi connectivity index (χ4n) is 3.86. The second kappa shape index (κ2) is 6.37. The Hall–Kier alpha value is -1.44. The van der Waals surface area contributed by atoms with E-state index in [1.165, 1.54) is 16.7 Å². The summed E-state index contributed by atoms with van der Waals surface area (Å²) in [7, 11) is -3.03. The minimum Gasteiger partial charge on any atom is -0.370 e. The van der Waals surface area contributed by atoms with E-state index in [0.717, 1.165) is 50.3 Å². The van der Waals surface area contributed by atoms with Gasteiger partial charge in [0, 0.05) is 36.8 Å². The molecule has 5 nitrogen and oxygen atoms in total. The predicted molar refractivity (Wildman–Crippen MR) is 99.9 cm³/mol. The van der Waals surface area contributed by atoms with Gasteiger partial charge in [0.2, 0.25) is 0 Å². The molecule has 0 N–H and O–H groups in total. The van der Waals surface area contributed by atoms with E-state index in [1.54, 1.807) is 6.20 Å². The Morgan fingerprint density at radius 1 is 1.28 bits per heavy atom. The molecule has 0 amide bonds. The molecule has 134 valence electrons. The van der Waals surface area contributed by atoms with Crippen molar-refractivity contribution in [2.45, 2.75) is 30.6 Å². The fourth-order valence-corrected chi connectivity index (χ4v) is 5.59. The van der Waals surface area contributed by atoms with E-state index in [1.807, 2.05) is 23.5 Å². The third kappa shape index (κ3) is 3.45. The maximum Gasteiger partial charge on any atom is 0.151 e. The van der Waals surface area contributed by atoms with Crippen molar-refractivity contribution >= 4 is 27.0 Å². The molecule has 0 aromatic carbocycles. The Balaban J connectivity index is 1.46. The Kier molecular flexibility index (Phi) is 4.33. The van der Waals surface area contributed by atoms with Crippen LogP contribution in [0.3, 0.4) is 0 Å². The van der Waals surface area contributed by atoms with Gasteiger partial charge in [0.05, 0.1) is 18.0 Å². The predicted octanol–water partition coefficient (Wildman–Crippen LogP) is 2.76. The number of piperidine rings is 1. The number of pyridine rings is 1. The second-order valence-corrected chi connectivity index (χ2v) is 10.1. The summed E-state index contributed by atoms with van der Waals surface area (Å²) >= 11 is 1.84. The van der Waals surface area contributed by atoms with Crippen LogP contribution >= 0.6 is 11.3 Å². The Morgan fingerprint density at radius 2 is 2.08 bits per heavy atom. The highest BCUT2D eigenvalue weighted by Crippen LogP contribution is 2.43. The van der Waals surface area contributed by atoms with Gasteiger partial charge in [-0.2, -0.15) is 0 Å². The van der Waals surface area contributed by atoms with Crippen molar-refractivity contribution in [3.05, 3.63) is 45.8 Å². The van der Waals surface area contributed by atoms with Gasteiger partial charge in [0.15, 0.2) is 9.84 Å². The number of anilines is 1. The average molecular weight is 379 g/mol. The molecule has 0 atom stereocenters. The van der Waals surface area contributed by atoms with Crippen LogP contribution < -0.4 is 4.90 Å². The summed E-state index contributed by atoms with van der Waals surface area (Å²) in [5.41, 5.74) is 2.00. The normalized spacial score (nSPS) is 19.8. The molecular weight excluding hydrogens is 356 g/mol. The lowest BCUT2D eigenvalue weighted by atomic mass is 9.82. The summed E-state index contributed by atoms with van der Waals surface area (Å²) in [6.45, 7) is 2.60. The van der Waals surface area contributed by atoms with Gasteiger partial charge in [-0.3, -0.25) is 0 Å². The van der Waals surface area contributed by atoms with Crippen LogP contribution in [0.4, 0.5) is 5.82 Å². The molecule has 1 spiro atoms. The van der Waals surface area contributed by atoms with Crippen LogP contribution in [0.15, 0.2) is 29.8 Å². The van der Waals surface area contributed by atoms with E-state index in [4.69, 9.17) is 4.74 Å². The Bertz CT molecular complexity index is 851. The molecule has 7 heteroatoms. The number of thiophene rings is 1. The third-order valence-corrected chi connectivity index (χ3v) is 6.92. The highest BCUT2D eigenvalue weighted by atomic mass is 32.2. The van der Waals surface area contributed by atoms with Crippen LogP contribution in [-0.4, -0.2) is 39.4 Å². The van der Waals surface area contributed by atoms with Gasteiger partial charge >= 0.3 is 0 Å². The molecule has 2 aromatic heterocycles. The summed E-state index contributed by atoms with van der Waals surface area (Å²) in [6, 6.07) is 6.02. The first kappa shape index (κ1) is 17.0. The van der Waals surface area contributed by atoms with Gasteiger partial charge in [0.25, 0.3) is 0 Å². The molecule has 0 saturated carbocycles. The molecule has 25 heavy (non-hydrogen) atoms. The SMILES string of the molecule is CS(=O)(=O)Cc1ccc(N2CCC3(CC2)OCCc2sccc23)nc1. The maximum absolute atomic E-state index is 11.4. The van der Waals surface area contributed by atoms with Gasteiger partial charge in [-0.25, -0.2) is 13.4 Å². The van der Waals surface area contributed by atoms with E-state index >= 15 is 0 Å². The van der Waals surface area contributed by atoms with E-state index < -0.39 is 9.84 Å². The smallest absolute Gasteiger partial charge is 0.151 e. The Labute approximate surface area is 152 Å². The summed E-state index contributed by atoms with van der Waals surface area (Å²) in [5.74, 6) is 0.950. The van der Waals surface area contributed by atoms with Crippen LogP contribution in [0.2, 0.25) is 0 Å². The van der Waals surface area contributed by atoms with Gasteiger partial charge in [-0.05, 0) is 41.5 Å². The summed E-state index contributed by atoms with van der Waals surface area (Å²) in [4.78, 5) is 8.22. The number of fused-ring (bicyclic) bond motifs is 2. The number of hydrogen-bond acceptors (Lipinski definition) is 6. The van der Waals surface area contributed by atoms with Crippen molar-refractivity contribution in [3.8, 4) is 0 Å². The molecule has 2 aromatic rings. The van der Waals surface area contributed by atoms with E-state index in [-0.39, 0.29) is 11.4 Å².